The highest BCUT2D eigenvalue weighted by Crippen LogP contribution is 2.36. The molecule has 0 spiro atoms. The van der Waals surface area contributed by atoms with E-state index in [2.05, 4.69) is 5.32 Å². The van der Waals surface area contributed by atoms with Crippen molar-refractivity contribution in [3.63, 3.8) is 0 Å². The maximum Gasteiger partial charge on any atom is 0.160 e. The highest BCUT2D eigenvalue weighted by Gasteiger charge is 2.22. The van der Waals surface area contributed by atoms with E-state index in [4.69, 9.17) is 4.74 Å². The maximum absolute atomic E-state index is 13.2. The monoisotopic (exact) mass is 273 g/mol. The van der Waals surface area contributed by atoms with E-state index in [1.807, 2.05) is 12.1 Å². The Balaban J connectivity index is 1.82. The second kappa shape index (κ2) is 5.04. The molecule has 0 aromatic heterocycles. The van der Waals surface area contributed by atoms with Crippen molar-refractivity contribution in [2.24, 2.45) is 0 Å². The summed E-state index contributed by atoms with van der Waals surface area (Å²) in [5.74, 6) is 0.366. The smallest absolute Gasteiger partial charge is 0.160 e. The predicted octanol–water partition coefficient (Wildman–Crippen LogP) is 3.64. The van der Waals surface area contributed by atoms with Gasteiger partial charge in [-0.15, -0.1) is 0 Å². The summed E-state index contributed by atoms with van der Waals surface area (Å²) in [6.07, 6.45) is 1.79. The molecule has 0 fully saturated rings. The van der Waals surface area contributed by atoms with Crippen LogP contribution >= 0.6 is 0 Å². The van der Waals surface area contributed by atoms with Crippen molar-refractivity contribution < 1.29 is 14.2 Å². The third kappa shape index (κ3) is 2.29. The predicted molar refractivity (Wildman–Crippen MR) is 75.7 cm³/mol. The van der Waals surface area contributed by atoms with Crippen molar-refractivity contribution in [3.05, 3.63) is 53.3 Å². The molecule has 3 nitrogen and oxygen atoms in total. The largest absolute Gasteiger partial charge is 0.504 e. The Kier molecular flexibility index (Phi) is 3.22. The number of methoxy groups -OCH3 is 1. The van der Waals surface area contributed by atoms with Gasteiger partial charge < -0.3 is 15.2 Å². The molecule has 0 aliphatic heterocycles. The van der Waals surface area contributed by atoms with Crippen molar-refractivity contribution in [3.8, 4) is 11.5 Å². The number of hydrogen-bond acceptors (Lipinski definition) is 3. The van der Waals surface area contributed by atoms with E-state index in [0.29, 0.717) is 5.75 Å². The Morgan fingerprint density at radius 2 is 2.10 bits per heavy atom. The van der Waals surface area contributed by atoms with Gasteiger partial charge in [-0.1, -0.05) is 6.07 Å². The lowest BCUT2D eigenvalue weighted by molar-refractivity contribution is 0.373. The van der Waals surface area contributed by atoms with Crippen molar-refractivity contribution in [2.45, 2.75) is 18.9 Å². The van der Waals surface area contributed by atoms with E-state index in [-0.39, 0.29) is 17.6 Å². The van der Waals surface area contributed by atoms with Gasteiger partial charge in [-0.3, -0.25) is 0 Å². The molecule has 4 heteroatoms. The molecule has 104 valence electrons. The van der Waals surface area contributed by atoms with Crippen LogP contribution in [0.15, 0.2) is 36.4 Å². The van der Waals surface area contributed by atoms with Crippen molar-refractivity contribution in [1.82, 2.24) is 0 Å². The standard InChI is InChI=1S/C16H16FNO2/c1-20-16-7-4-12(9-15(16)19)18-14-6-2-10-8-11(17)3-5-13(10)14/h3-5,7-9,14,18-19H,2,6H2,1H3. The number of ether oxygens (including phenoxy) is 1. The van der Waals surface area contributed by atoms with E-state index < -0.39 is 0 Å². The van der Waals surface area contributed by atoms with E-state index >= 15 is 0 Å². The second-order valence-electron chi connectivity index (χ2n) is 4.97. The van der Waals surface area contributed by atoms with E-state index in [1.165, 1.54) is 13.2 Å². The number of halogens is 1. The zero-order chi connectivity index (χ0) is 14.1. The SMILES string of the molecule is COc1ccc(NC2CCc3cc(F)ccc32)cc1O. The Labute approximate surface area is 117 Å². The normalized spacial score (nSPS) is 16.8. The van der Waals surface area contributed by atoms with E-state index in [1.54, 1.807) is 18.2 Å². The van der Waals surface area contributed by atoms with Gasteiger partial charge in [-0.05, 0) is 48.2 Å². The number of rotatable bonds is 3. The molecule has 0 saturated carbocycles. The van der Waals surface area contributed by atoms with Gasteiger partial charge in [-0.25, -0.2) is 4.39 Å². The fourth-order valence-electron chi connectivity index (χ4n) is 2.72. The number of fused-ring (bicyclic) bond motifs is 1. The zero-order valence-corrected chi connectivity index (χ0v) is 11.2. The van der Waals surface area contributed by atoms with Gasteiger partial charge in [0, 0.05) is 11.8 Å². The average molecular weight is 273 g/mol. The molecule has 2 N–H and O–H groups in total. The van der Waals surface area contributed by atoms with Gasteiger partial charge in [0.05, 0.1) is 13.2 Å². The molecule has 1 atom stereocenters. The van der Waals surface area contributed by atoms with Gasteiger partial charge in [0.1, 0.15) is 5.82 Å². The van der Waals surface area contributed by atoms with Crippen LogP contribution in [0.5, 0.6) is 11.5 Å². The number of anilines is 1. The Morgan fingerprint density at radius 3 is 2.85 bits per heavy atom. The number of benzene rings is 2. The molecule has 0 radical (unpaired) electrons. The molecule has 0 heterocycles. The van der Waals surface area contributed by atoms with Gasteiger partial charge in [-0.2, -0.15) is 0 Å². The number of nitrogens with one attached hydrogen (secondary N) is 1. The Bertz CT molecular complexity index is 642. The Hall–Kier alpha value is -2.23. The first kappa shape index (κ1) is 12.8. The van der Waals surface area contributed by atoms with Crippen molar-refractivity contribution in [1.29, 1.82) is 0 Å². The maximum atomic E-state index is 13.2. The summed E-state index contributed by atoms with van der Waals surface area (Å²) in [5.41, 5.74) is 3.01. The molecule has 1 aliphatic rings. The van der Waals surface area contributed by atoms with Crippen LogP contribution in [0.2, 0.25) is 0 Å². The highest BCUT2D eigenvalue weighted by molar-refractivity contribution is 5.56. The molecule has 0 saturated heterocycles. The first-order valence-electron chi connectivity index (χ1n) is 6.59. The third-order valence-corrected chi connectivity index (χ3v) is 3.70. The minimum Gasteiger partial charge on any atom is -0.504 e. The average Bonchev–Trinajstić information content (AvgIpc) is 2.81. The lowest BCUT2D eigenvalue weighted by Crippen LogP contribution is -2.07. The highest BCUT2D eigenvalue weighted by atomic mass is 19.1. The minimum atomic E-state index is -0.188. The number of aromatic hydroxyl groups is 1. The lowest BCUT2D eigenvalue weighted by atomic mass is 10.1. The van der Waals surface area contributed by atoms with Crippen molar-refractivity contribution >= 4 is 5.69 Å². The molecular formula is C16H16FNO2. The van der Waals surface area contributed by atoms with Crippen LogP contribution in [0.3, 0.4) is 0 Å². The summed E-state index contributed by atoms with van der Waals surface area (Å²) in [7, 11) is 1.52. The summed E-state index contributed by atoms with van der Waals surface area (Å²) in [5, 5.41) is 13.2. The summed E-state index contributed by atoms with van der Waals surface area (Å²) in [6.45, 7) is 0. The second-order valence-corrected chi connectivity index (χ2v) is 4.97. The number of phenolic OH excluding ortho intramolecular Hbond substituents is 1. The van der Waals surface area contributed by atoms with Crippen LogP contribution in [0.25, 0.3) is 0 Å². The van der Waals surface area contributed by atoms with Crippen LogP contribution in [-0.4, -0.2) is 12.2 Å². The summed E-state index contributed by atoms with van der Waals surface area (Å²) >= 11 is 0. The lowest BCUT2D eigenvalue weighted by Gasteiger charge is -2.16. The van der Waals surface area contributed by atoms with Gasteiger partial charge >= 0.3 is 0 Å². The fraction of sp³-hybridized carbons (Fsp3) is 0.250. The van der Waals surface area contributed by atoms with Gasteiger partial charge in [0.25, 0.3) is 0 Å². The topological polar surface area (TPSA) is 41.5 Å². The summed E-state index contributed by atoms with van der Waals surface area (Å²) in [4.78, 5) is 0. The molecule has 3 rings (SSSR count). The van der Waals surface area contributed by atoms with Crippen LogP contribution in [0.4, 0.5) is 10.1 Å². The third-order valence-electron chi connectivity index (χ3n) is 3.70. The van der Waals surface area contributed by atoms with E-state index in [9.17, 15) is 9.50 Å². The van der Waals surface area contributed by atoms with Crippen LogP contribution in [0.1, 0.15) is 23.6 Å². The first-order chi connectivity index (χ1) is 9.67. The van der Waals surface area contributed by atoms with Crippen LogP contribution in [0, 0.1) is 5.82 Å². The van der Waals surface area contributed by atoms with Crippen LogP contribution in [-0.2, 0) is 6.42 Å². The molecule has 1 aliphatic carbocycles. The number of phenols is 1. The Morgan fingerprint density at radius 1 is 1.25 bits per heavy atom. The first-order valence-corrected chi connectivity index (χ1v) is 6.59. The molecule has 20 heavy (non-hydrogen) atoms. The molecule has 0 amide bonds. The zero-order valence-electron chi connectivity index (χ0n) is 11.2. The molecular weight excluding hydrogens is 257 g/mol. The number of hydrogen-bond donors (Lipinski definition) is 2. The summed E-state index contributed by atoms with van der Waals surface area (Å²) in [6, 6.07) is 10.3. The number of aryl methyl sites for hydroxylation is 1. The molecule has 2 aromatic rings. The summed E-state index contributed by atoms with van der Waals surface area (Å²) < 4.78 is 18.2. The quantitative estimate of drug-likeness (QED) is 0.897. The van der Waals surface area contributed by atoms with Gasteiger partial charge in [0.15, 0.2) is 11.5 Å². The van der Waals surface area contributed by atoms with Gasteiger partial charge in [0.2, 0.25) is 0 Å². The van der Waals surface area contributed by atoms with Crippen molar-refractivity contribution in [2.75, 3.05) is 12.4 Å². The molecule has 2 aromatic carbocycles. The van der Waals surface area contributed by atoms with E-state index in [0.717, 1.165) is 29.7 Å². The fourth-order valence-corrected chi connectivity index (χ4v) is 2.72. The molecule has 0 bridgehead atoms. The van der Waals surface area contributed by atoms with Crippen LogP contribution < -0.4 is 10.1 Å². The molecule has 1 unspecified atom stereocenters. The minimum absolute atomic E-state index is 0.106.